The molecule has 0 aliphatic carbocycles. The molecule has 1 aromatic carbocycles. The maximum atomic E-state index is 13.8. The van der Waals surface area contributed by atoms with Crippen LogP contribution in [0.1, 0.15) is 31.9 Å². The van der Waals surface area contributed by atoms with Crippen LogP contribution in [0.3, 0.4) is 0 Å². The van der Waals surface area contributed by atoms with E-state index in [1.807, 2.05) is 20.8 Å². The second-order valence-electron chi connectivity index (χ2n) is 9.43. The van der Waals surface area contributed by atoms with Crippen molar-refractivity contribution in [1.29, 1.82) is 0 Å². The van der Waals surface area contributed by atoms with E-state index in [1.165, 1.54) is 6.07 Å². The van der Waals surface area contributed by atoms with Crippen molar-refractivity contribution in [3.63, 3.8) is 0 Å². The molecular weight excluding hydrogens is 393 g/mol. The van der Waals surface area contributed by atoms with Gasteiger partial charge in [0, 0.05) is 58.0 Å². The van der Waals surface area contributed by atoms with E-state index in [0.717, 1.165) is 26.2 Å². The van der Waals surface area contributed by atoms with Crippen LogP contribution in [0.25, 0.3) is 0 Å². The Morgan fingerprint density at radius 1 is 0.933 bits per heavy atom. The topological polar surface area (TPSA) is 30.0 Å². The average Bonchev–Trinajstić information content (AvgIpc) is 2.68. The second-order valence-corrected chi connectivity index (χ2v) is 9.43. The van der Waals surface area contributed by atoms with Gasteiger partial charge in [-0.15, -0.1) is 0 Å². The number of likely N-dealkylation sites (N-methyl/N-ethyl adjacent to an activating group) is 1. The van der Waals surface area contributed by atoms with Gasteiger partial charge < -0.3 is 14.7 Å². The van der Waals surface area contributed by atoms with E-state index < -0.39 is 11.7 Å². The van der Waals surface area contributed by atoms with Gasteiger partial charge in [-0.05, 0) is 30.2 Å². The van der Waals surface area contributed by atoms with Gasteiger partial charge in [-0.25, -0.2) is 0 Å². The fourth-order valence-electron chi connectivity index (χ4n) is 4.00. The SMILES string of the molecule is CN1CCN(CC(=O)N2CCN(c3ccc(C(C)(C)C)cc3C(F)(F)F)CC2)CC1. The van der Waals surface area contributed by atoms with Crippen molar-refractivity contribution in [1.82, 2.24) is 14.7 Å². The van der Waals surface area contributed by atoms with Crippen molar-refractivity contribution >= 4 is 11.6 Å². The molecule has 0 atom stereocenters. The Bertz CT molecular complexity index is 744. The highest BCUT2D eigenvalue weighted by molar-refractivity contribution is 5.78. The van der Waals surface area contributed by atoms with E-state index in [1.54, 1.807) is 21.9 Å². The summed E-state index contributed by atoms with van der Waals surface area (Å²) in [7, 11) is 2.07. The molecule has 2 saturated heterocycles. The van der Waals surface area contributed by atoms with Crippen LogP contribution in [0.2, 0.25) is 0 Å². The third-order valence-electron chi connectivity index (χ3n) is 6.10. The standard InChI is InChI=1S/C22H33F3N4O/c1-21(2,3)17-5-6-19(18(15-17)22(23,24)25)28-11-13-29(14-12-28)20(30)16-27-9-7-26(4)8-10-27/h5-6,15H,7-14,16H2,1-4H3. The first kappa shape index (κ1) is 22.9. The zero-order valence-corrected chi connectivity index (χ0v) is 18.4. The highest BCUT2D eigenvalue weighted by Gasteiger charge is 2.37. The predicted molar refractivity (Wildman–Crippen MR) is 113 cm³/mol. The number of piperazine rings is 2. The Labute approximate surface area is 177 Å². The van der Waals surface area contributed by atoms with Crippen molar-refractivity contribution in [2.45, 2.75) is 32.4 Å². The monoisotopic (exact) mass is 426 g/mol. The Balaban J connectivity index is 1.65. The summed E-state index contributed by atoms with van der Waals surface area (Å²) in [5.41, 5.74) is -0.0687. The summed E-state index contributed by atoms with van der Waals surface area (Å²) in [6.07, 6.45) is -4.41. The number of benzene rings is 1. The molecule has 0 N–H and O–H groups in total. The summed E-state index contributed by atoms with van der Waals surface area (Å²) in [4.78, 5) is 20.6. The van der Waals surface area contributed by atoms with Crippen LogP contribution in [0.15, 0.2) is 18.2 Å². The summed E-state index contributed by atoms with van der Waals surface area (Å²) in [5.74, 6) is 0.0679. The number of hydrogen-bond donors (Lipinski definition) is 0. The van der Waals surface area contributed by atoms with Gasteiger partial charge in [-0.2, -0.15) is 13.2 Å². The van der Waals surface area contributed by atoms with Crippen molar-refractivity contribution in [2.75, 3.05) is 70.9 Å². The number of amides is 1. The molecule has 0 saturated carbocycles. The van der Waals surface area contributed by atoms with E-state index >= 15 is 0 Å². The third kappa shape index (κ3) is 5.46. The minimum absolute atomic E-state index is 0.0679. The van der Waals surface area contributed by atoms with Gasteiger partial charge in [0.1, 0.15) is 0 Å². The van der Waals surface area contributed by atoms with Crippen LogP contribution in [-0.4, -0.2) is 86.6 Å². The maximum Gasteiger partial charge on any atom is 0.418 e. The summed E-state index contributed by atoms with van der Waals surface area (Å²) < 4.78 is 41.3. The van der Waals surface area contributed by atoms with Crippen molar-refractivity contribution in [3.05, 3.63) is 29.3 Å². The highest BCUT2D eigenvalue weighted by Crippen LogP contribution is 2.39. The van der Waals surface area contributed by atoms with Gasteiger partial charge in [-0.3, -0.25) is 9.69 Å². The molecule has 2 heterocycles. The van der Waals surface area contributed by atoms with Crippen LogP contribution >= 0.6 is 0 Å². The van der Waals surface area contributed by atoms with E-state index in [9.17, 15) is 18.0 Å². The molecule has 0 radical (unpaired) electrons. The van der Waals surface area contributed by atoms with E-state index in [-0.39, 0.29) is 17.0 Å². The zero-order valence-electron chi connectivity index (χ0n) is 18.4. The largest absolute Gasteiger partial charge is 0.418 e. The summed E-state index contributed by atoms with van der Waals surface area (Å²) in [6.45, 7) is 11.5. The zero-order chi connectivity index (χ0) is 22.1. The first-order chi connectivity index (χ1) is 13.9. The lowest BCUT2D eigenvalue weighted by Gasteiger charge is -2.39. The molecule has 0 spiro atoms. The normalized spacial score (nSPS) is 20.0. The Kier molecular flexibility index (Phi) is 6.67. The van der Waals surface area contributed by atoms with Crippen LogP contribution in [0, 0.1) is 0 Å². The van der Waals surface area contributed by atoms with Gasteiger partial charge in [0.15, 0.2) is 0 Å². The van der Waals surface area contributed by atoms with Crippen LogP contribution in [0.4, 0.5) is 18.9 Å². The quantitative estimate of drug-likeness (QED) is 0.744. The lowest BCUT2D eigenvalue weighted by molar-refractivity contribution is -0.137. The predicted octanol–water partition coefficient (Wildman–Crippen LogP) is 2.90. The molecule has 8 heteroatoms. The number of nitrogens with zero attached hydrogens (tertiary/aromatic N) is 4. The molecule has 0 aromatic heterocycles. The molecule has 0 unspecified atom stereocenters. The molecule has 1 amide bonds. The van der Waals surface area contributed by atoms with Crippen LogP contribution < -0.4 is 4.90 Å². The van der Waals surface area contributed by atoms with Crippen molar-refractivity contribution in [2.24, 2.45) is 0 Å². The van der Waals surface area contributed by atoms with Gasteiger partial charge in [0.25, 0.3) is 0 Å². The third-order valence-corrected chi connectivity index (χ3v) is 6.10. The number of alkyl halides is 3. The molecular formula is C22H33F3N4O. The number of anilines is 1. The fourth-order valence-corrected chi connectivity index (χ4v) is 4.00. The fraction of sp³-hybridized carbons (Fsp3) is 0.682. The van der Waals surface area contributed by atoms with Crippen molar-refractivity contribution in [3.8, 4) is 0 Å². The van der Waals surface area contributed by atoms with Crippen LogP contribution in [-0.2, 0) is 16.4 Å². The Morgan fingerprint density at radius 2 is 1.53 bits per heavy atom. The number of carbonyl (C=O) groups is 1. The van der Waals surface area contributed by atoms with Gasteiger partial charge in [0.2, 0.25) is 5.91 Å². The van der Waals surface area contributed by atoms with Gasteiger partial charge in [0.05, 0.1) is 12.1 Å². The molecule has 0 bridgehead atoms. The van der Waals surface area contributed by atoms with E-state index in [4.69, 9.17) is 0 Å². The number of rotatable bonds is 3. The summed E-state index contributed by atoms with van der Waals surface area (Å²) in [5, 5.41) is 0. The minimum Gasteiger partial charge on any atom is -0.367 e. The first-order valence-corrected chi connectivity index (χ1v) is 10.6. The average molecular weight is 427 g/mol. The molecule has 30 heavy (non-hydrogen) atoms. The molecule has 2 aliphatic rings. The van der Waals surface area contributed by atoms with E-state index in [2.05, 4.69) is 16.8 Å². The van der Waals surface area contributed by atoms with Gasteiger partial charge in [-0.1, -0.05) is 26.8 Å². The Morgan fingerprint density at radius 3 is 2.07 bits per heavy atom. The smallest absolute Gasteiger partial charge is 0.367 e. The van der Waals surface area contributed by atoms with Gasteiger partial charge >= 0.3 is 6.18 Å². The first-order valence-electron chi connectivity index (χ1n) is 10.6. The molecule has 168 valence electrons. The molecule has 1 aromatic rings. The lowest BCUT2D eigenvalue weighted by atomic mass is 9.85. The molecule has 2 aliphatic heterocycles. The number of halogens is 3. The number of carbonyl (C=O) groups excluding carboxylic acids is 1. The molecule has 5 nitrogen and oxygen atoms in total. The van der Waals surface area contributed by atoms with Crippen LogP contribution in [0.5, 0.6) is 0 Å². The second kappa shape index (κ2) is 8.75. The summed E-state index contributed by atoms with van der Waals surface area (Å²) in [6, 6.07) is 4.65. The Hall–Kier alpha value is -1.80. The number of hydrogen-bond acceptors (Lipinski definition) is 4. The minimum atomic E-state index is -4.41. The lowest BCUT2D eigenvalue weighted by Crippen LogP contribution is -2.53. The summed E-state index contributed by atoms with van der Waals surface area (Å²) >= 11 is 0. The molecule has 3 rings (SSSR count). The highest BCUT2D eigenvalue weighted by atomic mass is 19.4. The maximum absolute atomic E-state index is 13.8. The van der Waals surface area contributed by atoms with Crippen molar-refractivity contribution < 1.29 is 18.0 Å². The molecule has 2 fully saturated rings. The van der Waals surface area contributed by atoms with E-state index in [0.29, 0.717) is 38.3 Å².